The SMILES string of the molecule is CC(=O)N[C@@H](C)C(=O)Oc1ccc2[nH]cc(CCN(C)C)c2c1. The second-order valence-corrected chi connectivity index (χ2v) is 5.92. The molecule has 1 amide bonds. The molecule has 0 fully saturated rings. The number of H-pyrrole nitrogens is 1. The minimum atomic E-state index is -0.678. The molecule has 23 heavy (non-hydrogen) atoms. The number of aromatic nitrogens is 1. The highest BCUT2D eigenvalue weighted by Crippen LogP contribution is 2.24. The minimum absolute atomic E-state index is 0.262. The Kier molecular flexibility index (Phi) is 5.39. The lowest BCUT2D eigenvalue weighted by Gasteiger charge is -2.12. The van der Waals surface area contributed by atoms with Crippen LogP contribution in [-0.4, -0.2) is 48.4 Å². The van der Waals surface area contributed by atoms with Crippen molar-refractivity contribution in [2.24, 2.45) is 0 Å². The maximum Gasteiger partial charge on any atom is 0.333 e. The van der Waals surface area contributed by atoms with Crippen LogP contribution in [0.4, 0.5) is 0 Å². The van der Waals surface area contributed by atoms with Gasteiger partial charge in [-0.25, -0.2) is 4.79 Å². The molecule has 1 aromatic carbocycles. The van der Waals surface area contributed by atoms with Gasteiger partial charge >= 0.3 is 5.97 Å². The molecule has 1 aromatic heterocycles. The van der Waals surface area contributed by atoms with Crippen LogP contribution in [0.3, 0.4) is 0 Å². The molecule has 0 aliphatic rings. The van der Waals surface area contributed by atoms with Crippen LogP contribution in [-0.2, 0) is 16.0 Å². The summed E-state index contributed by atoms with van der Waals surface area (Å²) in [7, 11) is 4.07. The summed E-state index contributed by atoms with van der Waals surface area (Å²) >= 11 is 0. The summed E-state index contributed by atoms with van der Waals surface area (Å²) in [4.78, 5) is 28.3. The number of rotatable bonds is 6. The van der Waals surface area contributed by atoms with E-state index in [1.165, 1.54) is 12.5 Å². The normalized spacial score (nSPS) is 12.4. The number of ether oxygens (including phenoxy) is 1. The Morgan fingerprint density at radius 2 is 2.09 bits per heavy atom. The standard InChI is InChI=1S/C17H23N3O3/c1-11(19-12(2)21)17(22)23-14-5-6-16-15(9-14)13(10-18-16)7-8-20(3)4/h5-6,9-11,18H,7-8H2,1-4H3,(H,19,21)/t11-/m0/s1. The number of nitrogens with zero attached hydrogens (tertiary/aromatic N) is 1. The highest BCUT2D eigenvalue weighted by atomic mass is 16.5. The number of carbonyl (C=O) groups excluding carboxylic acids is 2. The zero-order chi connectivity index (χ0) is 17.0. The molecule has 6 nitrogen and oxygen atoms in total. The molecule has 0 radical (unpaired) electrons. The van der Waals surface area contributed by atoms with Crippen LogP contribution < -0.4 is 10.1 Å². The number of esters is 1. The lowest BCUT2D eigenvalue weighted by Crippen LogP contribution is -2.39. The Balaban J connectivity index is 2.14. The fourth-order valence-electron chi connectivity index (χ4n) is 2.34. The van der Waals surface area contributed by atoms with Crippen molar-refractivity contribution >= 4 is 22.8 Å². The second-order valence-electron chi connectivity index (χ2n) is 5.92. The van der Waals surface area contributed by atoms with Crippen molar-refractivity contribution in [3.63, 3.8) is 0 Å². The van der Waals surface area contributed by atoms with E-state index in [0.717, 1.165) is 23.9 Å². The van der Waals surface area contributed by atoms with Crippen molar-refractivity contribution in [1.82, 2.24) is 15.2 Å². The molecule has 1 atom stereocenters. The van der Waals surface area contributed by atoms with Crippen molar-refractivity contribution in [3.8, 4) is 5.75 Å². The van der Waals surface area contributed by atoms with E-state index in [-0.39, 0.29) is 5.91 Å². The summed E-state index contributed by atoms with van der Waals surface area (Å²) < 4.78 is 5.36. The van der Waals surface area contributed by atoms with Gasteiger partial charge < -0.3 is 19.9 Å². The number of likely N-dealkylation sites (N-methyl/N-ethyl adjacent to an activating group) is 1. The van der Waals surface area contributed by atoms with E-state index in [2.05, 4.69) is 15.2 Å². The van der Waals surface area contributed by atoms with Crippen LogP contribution >= 0.6 is 0 Å². The van der Waals surface area contributed by atoms with E-state index in [9.17, 15) is 9.59 Å². The van der Waals surface area contributed by atoms with Crippen LogP contribution in [0, 0.1) is 0 Å². The predicted octanol–water partition coefficient (Wildman–Crippen LogP) is 1.70. The van der Waals surface area contributed by atoms with Crippen molar-refractivity contribution in [1.29, 1.82) is 0 Å². The van der Waals surface area contributed by atoms with Gasteiger partial charge in [0.25, 0.3) is 0 Å². The zero-order valence-electron chi connectivity index (χ0n) is 14.0. The fourth-order valence-corrected chi connectivity index (χ4v) is 2.34. The third kappa shape index (κ3) is 4.56. The Labute approximate surface area is 135 Å². The molecule has 0 aliphatic carbocycles. The van der Waals surface area contributed by atoms with Gasteiger partial charge in [-0.05, 0) is 51.2 Å². The summed E-state index contributed by atoms with van der Waals surface area (Å²) in [5.74, 6) is -0.267. The minimum Gasteiger partial charge on any atom is -0.425 e. The summed E-state index contributed by atoms with van der Waals surface area (Å²) in [6.45, 7) is 3.91. The largest absolute Gasteiger partial charge is 0.425 e. The van der Waals surface area contributed by atoms with Crippen molar-refractivity contribution in [2.45, 2.75) is 26.3 Å². The quantitative estimate of drug-likeness (QED) is 0.628. The van der Waals surface area contributed by atoms with Crippen molar-refractivity contribution in [3.05, 3.63) is 30.0 Å². The number of hydrogen-bond acceptors (Lipinski definition) is 4. The average Bonchev–Trinajstić information content (AvgIpc) is 2.86. The highest BCUT2D eigenvalue weighted by Gasteiger charge is 2.16. The molecule has 1 heterocycles. The first kappa shape index (κ1) is 17.0. The van der Waals surface area contributed by atoms with E-state index < -0.39 is 12.0 Å². The van der Waals surface area contributed by atoms with Crippen molar-refractivity contribution < 1.29 is 14.3 Å². The van der Waals surface area contributed by atoms with Gasteiger partial charge in [-0.2, -0.15) is 0 Å². The number of carbonyl (C=O) groups is 2. The van der Waals surface area contributed by atoms with Gasteiger partial charge in [0.15, 0.2) is 0 Å². The molecule has 0 saturated heterocycles. The van der Waals surface area contributed by atoms with Crippen molar-refractivity contribution in [2.75, 3.05) is 20.6 Å². The van der Waals surface area contributed by atoms with Crippen LogP contribution in [0.2, 0.25) is 0 Å². The fraction of sp³-hybridized carbons (Fsp3) is 0.412. The van der Waals surface area contributed by atoms with E-state index in [4.69, 9.17) is 4.74 Å². The summed E-state index contributed by atoms with van der Waals surface area (Å²) in [6, 6.07) is 4.81. The smallest absolute Gasteiger partial charge is 0.333 e. The van der Waals surface area contributed by atoms with Crippen LogP contribution in [0.15, 0.2) is 24.4 Å². The molecular formula is C17H23N3O3. The second kappa shape index (κ2) is 7.28. The first-order valence-electron chi connectivity index (χ1n) is 7.60. The maximum absolute atomic E-state index is 12.0. The van der Waals surface area contributed by atoms with Gasteiger partial charge in [-0.1, -0.05) is 0 Å². The molecule has 2 rings (SSSR count). The van der Waals surface area contributed by atoms with E-state index in [1.54, 1.807) is 13.0 Å². The molecule has 0 unspecified atom stereocenters. The van der Waals surface area contributed by atoms with Gasteiger partial charge in [0.1, 0.15) is 11.8 Å². The van der Waals surface area contributed by atoms with E-state index in [0.29, 0.717) is 5.75 Å². The molecule has 2 N–H and O–H groups in total. The molecule has 0 aliphatic heterocycles. The molecule has 124 valence electrons. The monoisotopic (exact) mass is 317 g/mol. The first-order chi connectivity index (χ1) is 10.9. The Hall–Kier alpha value is -2.34. The van der Waals surface area contributed by atoms with Gasteiger partial charge in [0.2, 0.25) is 5.91 Å². The lowest BCUT2D eigenvalue weighted by molar-refractivity contribution is -0.138. The Bertz CT molecular complexity index is 706. The number of benzene rings is 1. The van der Waals surface area contributed by atoms with Crippen LogP contribution in [0.25, 0.3) is 10.9 Å². The van der Waals surface area contributed by atoms with Crippen LogP contribution in [0.5, 0.6) is 5.75 Å². The number of fused-ring (bicyclic) bond motifs is 1. The molecule has 0 spiro atoms. The first-order valence-corrected chi connectivity index (χ1v) is 7.60. The summed E-state index contributed by atoms with van der Waals surface area (Å²) in [5.41, 5.74) is 2.19. The number of aromatic amines is 1. The number of nitrogens with one attached hydrogen (secondary N) is 2. The third-order valence-corrected chi connectivity index (χ3v) is 3.56. The number of amides is 1. The zero-order valence-corrected chi connectivity index (χ0v) is 14.0. The van der Waals surface area contributed by atoms with E-state index in [1.807, 2.05) is 32.4 Å². The van der Waals surface area contributed by atoms with Crippen LogP contribution in [0.1, 0.15) is 19.4 Å². The highest BCUT2D eigenvalue weighted by molar-refractivity contribution is 5.87. The summed E-state index contributed by atoms with van der Waals surface area (Å²) in [5, 5.41) is 3.56. The average molecular weight is 317 g/mol. The van der Waals surface area contributed by atoms with Gasteiger partial charge in [-0.3, -0.25) is 4.79 Å². The maximum atomic E-state index is 12.0. The Morgan fingerprint density at radius 3 is 2.74 bits per heavy atom. The predicted molar refractivity (Wildman–Crippen MR) is 89.5 cm³/mol. The lowest BCUT2D eigenvalue weighted by atomic mass is 10.1. The molecular weight excluding hydrogens is 294 g/mol. The molecule has 0 bridgehead atoms. The Morgan fingerprint density at radius 1 is 1.35 bits per heavy atom. The van der Waals surface area contributed by atoms with E-state index >= 15 is 0 Å². The summed E-state index contributed by atoms with van der Waals surface area (Å²) in [6.07, 6.45) is 2.90. The van der Waals surface area contributed by atoms with Gasteiger partial charge in [0.05, 0.1) is 0 Å². The molecule has 6 heteroatoms. The number of hydrogen-bond donors (Lipinski definition) is 2. The third-order valence-electron chi connectivity index (χ3n) is 3.56. The molecule has 2 aromatic rings. The topological polar surface area (TPSA) is 74.4 Å². The molecule has 0 saturated carbocycles. The van der Waals surface area contributed by atoms with Gasteiger partial charge in [-0.15, -0.1) is 0 Å². The van der Waals surface area contributed by atoms with Gasteiger partial charge in [0, 0.05) is 30.6 Å².